The van der Waals surface area contributed by atoms with Gasteiger partial charge in [0.25, 0.3) is 0 Å². The molecule has 0 N–H and O–H groups in total. The summed E-state index contributed by atoms with van der Waals surface area (Å²) in [4.78, 5) is 2.46. The Bertz CT molecular complexity index is 3340. The molecule has 0 radical (unpaired) electrons. The van der Waals surface area contributed by atoms with Gasteiger partial charge in [0.1, 0.15) is 11.2 Å². The van der Waals surface area contributed by atoms with Crippen molar-refractivity contribution in [1.82, 2.24) is 0 Å². The molecule has 2 heteroatoms. The van der Waals surface area contributed by atoms with E-state index in [2.05, 4.69) is 220 Å². The minimum absolute atomic E-state index is 0.132. The monoisotopic (exact) mass is 781 g/mol. The molecule has 1 atom stereocenters. The van der Waals surface area contributed by atoms with Crippen molar-refractivity contribution in [2.75, 3.05) is 4.90 Å². The summed E-state index contributed by atoms with van der Waals surface area (Å²) in [5, 5.41) is 2.28. The van der Waals surface area contributed by atoms with E-state index in [0.29, 0.717) is 0 Å². The summed E-state index contributed by atoms with van der Waals surface area (Å²) in [6, 6.07) is 75.9. The Kier molecular flexibility index (Phi) is 7.74. The second kappa shape index (κ2) is 13.3. The minimum Gasteiger partial charge on any atom is -0.456 e. The van der Waals surface area contributed by atoms with E-state index in [9.17, 15) is 0 Å². The molecule has 0 amide bonds. The summed E-state index contributed by atoms with van der Waals surface area (Å²) in [5.74, 6) is 0. The van der Waals surface area contributed by atoms with Gasteiger partial charge >= 0.3 is 0 Å². The Balaban J connectivity index is 1.04. The van der Waals surface area contributed by atoms with E-state index in [1.54, 1.807) is 0 Å². The molecule has 0 saturated heterocycles. The predicted molar refractivity (Wildman–Crippen MR) is 254 cm³/mol. The topological polar surface area (TPSA) is 16.4 Å². The van der Waals surface area contributed by atoms with Gasteiger partial charge in [-0.15, -0.1) is 0 Å². The third-order valence-corrected chi connectivity index (χ3v) is 13.8. The largest absolute Gasteiger partial charge is 0.456 e. The van der Waals surface area contributed by atoms with E-state index in [0.717, 1.165) is 50.1 Å². The van der Waals surface area contributed by atoms with Gasteiger partial charge in [0.2, 0.25) is 0 Å². The average molecular weight is 782 g/mol. The molecule has 1 heterocycles. The van der Waals surface area contributed by atoms with E-state index in [1.807, 2.05) is 12.1 Å². The Morgan fingerprint density at radius 3 is 1.75 bits per heavy atom. The molecule has 61 heavy (non-hydrogen) atoms. The lowest BCUT2D eigenvalue weighted by Crippen LogP contribution is -2.23. The standard InChI is InChI=1S/C59H43NO/c1-58(2)51-22-12-10-19-46(51)47-32-30-43(36-53(47)58)60(42-28-25-38(26-29-42)40-27-34-56-50(35-40)48-20-11-13-24-55(48)61-56)44-31-33-49-54(37-44)59(3,41-17-8-5-9-18-41)52-23-14-21-45(57(49)52)39-15-6-4-7-16-39/h4-37H,1-3H3. The Labute approximate surface area is 357 Å². The fourth-order valence-electron chi connectivity index (χ4n) is 10.6. The van der Waals surface area contributed by atoms with Gasteiger partial charge in [-0.3, -0.25) is 0 Å². The maximum absolute atomic E-state index is 6.18. The molecule has 10 aromatic rings. The summed E-state index contributed by atoms with van der Waals surface area (Å²) in [7, 11) is 0. The van der Waals surface area contributed by atoms with Gasteiger partial charge in [0.15, 0.2) is 0 Å². The van der Waals surface area contributed by atoms with Crippen LogP contribution in [0.25, 0.3) is 66.4 Å². The molecule has 0 aliphatic heterocycles. The number of nitrogens with zero attached hydrogens (tertiary/aromatic N) is 1. The number of hydrogen-bond donors (Lipinski definition) is 0. The van der Waals surface area contributed by atoms with Crippen molar-refractivity contribution in [3.63, 3.8) is 0 Å². The Morgan fingerprint density at radius 2 is 0.951 bits per heavy atom. The Morgan fingerprint density at radius 1 is 0.361 bits per heavy atom. The maximum atomic E-state index is 6.18. The lowest BCUT2D eigenvalue weighted by Gasteiger charge is -2.31. The molecule has 12 rings (SSSR count). The van der Waals surface area contributed by atoms with Crippen molar-refractivity contribution in [2.24, 2.45) is 0 Å². The third kappa shape index (κ3) is 5.28. The maximum Gasteiger partial charge on any atom is 0.135 e. The van der Waals surface area contributed by atoms with Gasteiger partial charge in [0, 0.05) is 38.7 Å². The van der Waals surface area contributed by atoms with Crippen molar-refractivity contribution >= 4 is 39.0 Å². The van der Waals surface area contributed by atoms with Crippen LogP contribution in [0.4, 0.5) is 17.1 Å². The Hall–Kier alpha value is -7.42. The van der Waals surface area contributed by atoms with Crippen LogP contribution in [0.5, 0.6) is 0 Å². The summed E-state index contributed by atoms with van der Waals surface area (Å²) in [6.07, 6.45) is 0. The zero-order valence-electron chi connectivity index (χ0n) is 34.5. The van der Waals surface area contributed by atoms with Gasteiger partial charge in [-0.25, -0.2) is 0 Å². The summed E-state index contributed by atoms with van der Waals surface area (Å²) < 4.78 is 6.18. The molecule has 2 nitrogen and oxygen atoms in total. The molecule has 2 aliphatic rings. The normalized spacial score (nSPS) is 15.7. The summed E-state index contributed by atoms with van der Waals surface area (Å²) in [6.45, 7) is 7.14. The van der Waals surface area contributed by atoms with Crippen LogP contribution in [0.3, 0.4) is 0 Å². The highest BCUT2D eigenvalue weighted by Crippen LogP contribution is 2.57. The first-order valence-corrected chi connectivity index (χ1v) is 21.3. The van der Waals surface area contributed by atoms with Crippen LogP contribution in [-0.2, 0) is 10.8 Å². The fraction of sp³-hybridized carbons (Fsp3) is 0.0847. The zero-order chi connectivity index (χ0) is 40.9. The number of benzene rings is 9. The molecule has 0 bridgehead atoms. The number of rotatable bonds is 6. The van der Waals surface area contributed by atoms with Gasteiger partial charge in [0.05, 0.1) is 0 Å². The van der Waals surface area contributed by atoms with E-state index < -0.39 is 0 Å². The smallest absolute Gasteiger partial charge is 0.135 e. The number of anilines is 3. The number of furan rings is 1. The molecular formula is C59H43NO. The molecule has 290 valence electrons. The summed E-state index contributed by atoms with van der Waals surface area (Å²) in [5.41, 5.74) is 21.4. The first-order valence-electron chi connectivity index (χ1n) is 21.3. The number of hydrogen-bond acceptors (Lipinski definition) is 2. The van der Waals surface area contributed by atoms with Crippen LogP contribution in [-0.4, -0.2) is 0 Å². The molecule has 0 saturated carbocycles. The van der Waals surface area contributed by atoms with Gasteiger partial charge in [-0.2, -0.15) is 0 Å². The minimum atomic E-state index is -0.375. The molecule has 2 aliphatic carbocycles. The van der Waals surface area contributed by atoms with E-state index >= 15 is 0 Å². The first-order chi connectivity index (χ1) is 29.9. The molecule has 1 unspecified atom stereocenters. The quantitative estimate of drug-likeness (QED) is 0.167. The van der Waals surface area contributed by atoms with Crippen LogP contribution in [0.15, 0.2) is 211 Å². The molecule has 0 spiro atoms. The highest BCUT2D eigenvalue weighted by molar-refractivity contribution is 6.06. The molecule has 1 aromatic heterocycles. The third-order valence-electron chi connectivity index (χ3n) is 13.8. The van der Waals surface area contributed by atoms with Crippen LogP contribution in [0.1, 0.15) is 48.6 Å². The van der Waals surface area contributed by atoms with Crippen molar-refractivity contribution in [3.8, 4) is 44.5 Å². The van der Waals surface area contributed by atoms with Crippen LogP contribution in [0, 0.1) is 0 Å². The predicted octanol–water partition coefficient (Wildman–Crippen LogP) is 16.0. The molecule has 9 aromatic carbocycles. The van der Waals surface area contributed by atoms with Gasteiger partial charge in [-0.05, 0) is 134 Å². The zero-order valence-corrected chi connectivity index (χ0v) is 34.5. The van der Waals surface area contributed by atoms with Crippen molar-refractivity contribution in [1.29, 1.82) is 0 Å². The lowest BCUT2D eigenvalue weighted by molar-refractivity contribution is 0.660. The van der Waals surface area contributed by atoms with Crippen molar-refractivity contribution < 1.29 is 4.42 Å². The van der Waals surface area contributed by atoms with Crippen LogP contribution < -0.4 is 4.90 Å². The van der Waals surface area contributed by atoms with E-state index in [1.165, 1.54) is 61.2 Å². The molecular weight excluding hydrogens is 739 g/mol. The van der Waals surface area contributed by atoms with E-state index in [-0.39, 0.29) is 10.8 Å². The SMILES string of the molecule is CC1(C)c2ccccc2-c2ccc(N(c3ccc(-c4ccc5oc6ccccc6c5c4)cc3)c3ccc4c(c3)C(C)(c3ccccc3)c3cccc(-c5ccccc5)c3-4)cc21. The summed E-state index contributed by atoms with van der Waals surface area (Å²) >= 11 is 0. The first kappa shape index (κ1) is 35.5. The van der Waals surface area contributed by atoms with Crippen LogP contribution >= 0.6 is 0 Å². The highest BCUT2D eigenvalue weighted by Gasteiger charge is 2.42. The number of fused-ring (bicyclic) bond motifs is 9. The van der Waals surface area contributed by atoms with Crippen LogP contribution in [0.2, 0.25) is 0 Å². The molecule has 0 fully saturated rings. The van der Waals surface area contributed by atoms with E-state index in [4.69, 9.17) is 4.42 Å². The van der Waals surface area contributed by atoms with Crippen molar-refractivity contribution in [2.45, 2.75) is 31.6 Å². The highest BCUT2D eigenvalue weighted by atomic mass is 16.3. The van der Waals surface area contributed by atoms with Crippen molar-refractivity contribution in [3.05, 3.63) is 234 Å². The fourth-order valence-corrected chi connectivity index (χ4v) is 10.6. The lowest BCUT2D eigenvalue weighted by atomic mass is 9.74. The average Bonchev–Trinajstić information content (AvgIpc) is 3.90. The second-order valence-corrected chi connectivity index (χ2v) is 17.4. The van der Waals surface area contributed by atoms with Gasteiger partial charge in [-0.1, -0.05) is 166 Å². The number of para-hydroxylation sites is 1. The van der Waals surface area contributed by atoms with Gasteiger partial charge < -0.3 is 9.32 Å². The second-order valence-electron chi connectivity index (χ2n) is 17.4.